The van der Waals surface area contributed by atoms with Crippen LogP contribution in [0.4, 0.5) is 0 Å². The molecule has 17 heavy (non-hydrogen) atoms. The first kappa shape index (κ1) is 11.1. The molecule has 0 bridgehead atoms. The smallest absolute Gasteiger partial charge is 0.354 e. The molecular weight excluding hydrogens is 226 g/mol. The number of carbonyl (C=O) groups is 1. The lowest BCUT2D eigenvalue weighted by Crippen LogP contribution is -2.01. The Morgan fingerprint density at radius 2 is 2.29 bits per heavy atom. The zero-order valence-corrected chi connectivity index (χ0v) is 8.95. The molecule has 2 aromatic heterocycles. The molecule has 0 aliphatic heterocycles. The Morgan fingerprint density at radius 3 is 2.82 bits per heavy atom. The van der Waals surface area contributed by atoms with E-state index in [1.807, 2.05) is 0 Å². The summed E-state index contributed by atoms with van der Waals surface area (Å²) in [7, 11) is 0. The third kappa shape index (κ3) is 2.77. The number of aromatic nitrogens is 3. The van der Waals surface area contributed by atoms with E-state index in [0.717, 1.165) is 0 Å². The maximum absolute atomic E-state index is 10.6. The van der Waals surface area contributed by atoms with Gasteiger partial charge in [-0.2, -0.15) is 0 Å². The minimum absolute atomic E-state index is 0.0361. The summed E-state index contributed by atoms with van der Waals surface area (Å²) >= 11 is 0. The first-order valence-electron chi connectivity index (χ1n) is 4.76. The number of carboxylic acids is 1. The van der Waals surface area contributed by atoms with Crippen LogP contribution in [0.1, 0.15) is 22.3 Å². The van der Waals surface area contributed by atoms with Crippen LogP contribution in [-0.2, 0) is 6.61 Å². The normalized spacial score (nSPS) is 10.2. The highest BCUT2D eigenvalue weighted by Crippen LogP contribution is 2.11. The van der Waals surface area contributed by atoms with Crippen molar-refractivity contribution in [3.05, 3.63) is 35.8 Å². The Balaban J connectivity index is 1.97. The van der Waals surface area contributed by atoms with Crippen molar-refractivity contribution in [1.29, 1.82) is 0 Å². The molecule has 0 aromatic carbocycles. The van der Waals surface area contributed by atoms with Gasteiger partial charge in [0.2, 0.25) is 5.89 Å². The highest BCUT2D eigenvalue weighted by atomic mass is 16.5. The molecule has 0 aliphatic rings. The monoisotopic (exact) mass is 235 g/mol. The van der Waals surface area contributed by atoms with E-state index in [-0.39, 0.29) is 12.3 Å². The van der Waals surface area contributed by atoms with Gasteiger partial charge in [0, 0.05) is 6.92 Å². The van der Waals surface area contributed by atoms with E-state index in [1.165, 1.54) is 18.3 Å². The van der Waals surface area contributed by atoms with E-state index < -0.39 is 5.97 Å². The quantitative estimate of drug-likeness (QED) is 0.845. The van der Waals surface area contributed by atoms with Crippen LogP contribution < -0.4 is 4.74 Å². The van der Waals surface area contributed by atoms with Crippen molar-refractivity contribution < 1.29 is 19.1 Å². The third-order valence-corrected chi connectivity index (χ3v) is 1.89. The number of nitrogens with zero attached hydrogens (tertiary/aromatic N) is 3. The molecule has 0 radical (unpaired) electrons. The lowest BCUT2D eigenvalue weighted by molar-refractivity contribution is 0.0690. The number of pyridine rings is 1. The highest BCUT2D eigenvalue weighted by molar-refractivity contribution is 5.85. The summed E-state index contributed by atoms with van der Waals surface area (Å²) in [4.78, 5) is 14.3. The third-order valence-electron chi connectivity index (χ3n) is 1.89. The SMILES string of the molecule is Cc1nnc(COc2ccc(C(=O)O)nc2)o1. The summed E-state index contributed by atoms with van der Waals surface area (Å²) in [5.74, 6) is 0.169. The van der Waals surface area contributed by atoms with Gasteiger partial charge in [0.15, 0.2) is 6.61 Å². The summed E-state index contributed by atoms with van der Waals surface area (Å²) in [5.41, 5.74) is -0.0361. The summed E-state index contributed by atoms with van der Waals surface area (Å²) < 4.78 is 10.4. The highest BCUT2D eigenvalue weighted by Gasteiger charge is 2.06. The van der Waals surface area contributed by atoms with E-state index in [1.54, 1.807) is 6.92 Å². The maximum atomic E-state index is 10.6. The standard InChI is InChI=1S/C10H9N3O4/c1-6-12-13-9(17-6)5-16-7-2-3-8(10(14)15)11-4-7/h2-4H,5H2,1H3,(H,14,15). The molecule has 2 aromatic rings. The fourth-order valence-electron chi connectivity index (χ4n) is 1.13. The summed E-state index contributed by atoms with van der Waals surface area (Å²) in [6.07, 6.45) is 1.33. The topological polar surface area (TPSA) is 98.3 Å². The predicted molar refractivity (Wildman–Crippen MR) is 54.6 cm³/mol. The van der Waals surface area contributed by atoms with Gasteiger partial charge < -0.3 is 14.3 Å². The molecule has 0 fully saturated rings. The van der Waals surface area contributed by atoms with Crippen LogP contribution in [0, 0.1) is 6.92 Å². The number of carboxylic acid groups (broad SMARTS) is 1. The summed E-state index contributed by atoms with van der Waals surface area (Å²) in [5, 5.41) is 16.0. The van der Waals surface area contributed by atoms with E-state index in [2.05, 4.69) is 15.2 Å². The largest absolute Gasteiger partial charge is 0.482 e. The lowest BCUT2D eigenvalue weighted by atomic mass is 10.3. The second kappa shape index (κ2) is 4.60. The van der Waals surface area contributed by atoms with E-state index in [0.29, 0.717) is 17.5 Å². The van der Waals surface area contributed by atoms with E-state index in [9.17, 15) is 4.79 Å². The minimum Gasteiger partial charge on any atom is -0.482 e. The number of aromatic carboxylic acids is 1. The lowest BCUT2D eigenvalue weighted by Gasteiger charge is -2.02. The van der Waals surface area contributed by atoms with Gasteiger partial charge in [0.05, 0.1) is 6.20 Å². The zero-order valence-electron chi connectivity index (χ0n) is 8.95. The molecule has 7 heteroatoms. The Bertz CT molecular complexity index is 521. The Hall–Kier alpha value is -2.44. The number of aryl methyl sites for hydroxylation is 1. The number of hydrogen-bond acceptors (Lipinski definition) is 6. The Kier molecular flexibility index (Phi) is 2.99. The second-order valence-corrected chi connectivity index (χ2v) is 3.19. The van der Waals surface area contributed by atoms with Crippen molar-refractivity contribution in [3.8, 4) is 5.75 Å². The zero-order chi connectivity index (χ0) is 12.3. The molecule has 0 spiro atoms. The van der Waals surface area contributed by atoms with Gasteiger partial charge in [-0.25, -0.2) is 9.78 Å². The summed E-state index contributed by atoms with van der Waals surface area (Å²) in [6.45, 7) is 1.80. The molecule has 0 saturated carbocycles. The van der Waals surface area contributed by atoms with Crippen molar-refractivity contribution >= 4 is 5.97 Å². The molecule has 0 aliphatic carbocycles. The molecule has 0 amide bonds. The molecule has 2 rings (SSSR count). The van der Waals surface area contributed by atoms with Crippen LogP contribution in [0.3, 0.4) is 0 Å². The predicted octanol–water partition coefficient (Wildman–Crippen LogP) is 1.05. The van der Waals surface area contributed by atoms with Crippen molar-refractivity contribution in [1.82, 2.24) is 15.2 Å². The molecule has 0 atom stereocenters. The van der Waals surface area contributed by atoms with Gasteiger partial charge in [-0.3, -0.25) is 0 Å². The fourth-order valence-corrected chi connectivity index (χ4v) is 1.13. The van der Waals surface area contributed by atoms with Gasteiger partial charge in [-0.05, 0) is 12.1 Å². The maximum Gasteiger partial charge on any atom is 0.354 e. The van der Waals surface area contributed by atoms with Crippen LogP contribution in [-0.4, -0.2) is 26.3 Å². The fraction of sp³-hybridized carbons (Fsp3) is 0.200. The molecule has 0 unspecified atom stereocenters. The van der Waals surface area contributed by atoms with Gasteiger partial charge in [-0.15, -0.1) is 10.2 Å². The molecule has 1 N–H and O–H groups in total. The number of hydrogen-bond donors (Lipinski definition) is 1. The van der Waals surface area contributed by atoms with Crippen LogP contribution in [0.15, 0.2) is 22.7 Å². The Labute approximate surface area is 96.1 Å². The number of rotatable bonds is 4. The molecule has 2 heterocycles. The van der Waals surface area contributed by atoms with Crippen molar-refractivity contribution in [2.24, 2.45) is 0 Å². The molecule has 0 saturated heterocycles. The van der Waals surface area contributed by atoms with Crippen LogP contribution in [0.25, 0.3) is 0 Å². The van der Waals surface area contributed by atoms with Crippen molar-refractivity contribution in [3.63, 3.8) is 0 Å². The van der Waals surface area contributed by atoms with E-state index >= 15 is 0 Å². The number of ether oxygens (including phenoxy) is 1. The van der Waals surface area contributed by atoms with Gasteiger partial charge in [0.1, 0.15) is 11.4 Å². The molecule has 88 valence electrons. The van der Waals surface area contributed by atoms with Gasteiger partial charge in [0.25, 0.3) is 5.89 Å². The van der Waals surface area contributed by atoms with E-state index in [4.69, 9.17) is 14.3 Å². The van der Waals surface area contributed by atoms with Crippen molar-refractivity contribution in [2.75, 3.05) is 0 Å². The van der Waals surface area contributed by atoms with Crippen LogP contribution in [0.2, 0.25) is 0 Å². The summed E-state index contributed by atoms with van der Waals surface area (Å²) in [6, 6.07) is 2.87. The molecule has 7 nitrogen and oxygen atoms in total. The van der Waals surface area contributed by atoms with Crippen LogP contribution >= 0.6 is 0 Å². The van der Waals surface area contributed by atoms with Crippen LogP contribution in [0.5, 0.6) is 5.75 Å². The van der Waals surface area contributed by atoms with Crippen molar-refractivity contribution in [2.45, 2.75) is 13.5 Å². The average molecular weight is 235 g/mol. The minimum atomic E-state index is -1.08. The first-order chi connectivity index (χ1) is 8.15. The molecular formula is C10H9N3O4. The average Bonchev–Trinajstić information content (AvgIpc) is 2.73. The van der Waals surface area contributed by atoms with Gasteiger partial charge >= 0.3 is 5.97 Å². The van der Waals surface area contributed by atoms with Gasteiger partial charge in [-0.1, -0.05) is 0 Å². The second-order valence-electron chi connectivity index (χ2n) is 3.19. The Morgan fingerprint density at radius 1 is 1.47 bits per heavy atom. The first-order valence-corrected chi connectivity index (χ1v) is 4.76.